The van der Waals surface area contributed by atoms with Crippen LogP contribution in [0.1, 0.15) is 19.4 Å². The Balaban J connectivity index is 2.28. The average Bonchev–Trinajstić information content (AvgIpc) is 2.92. The lowest BCUT2D eigenvalue weighted by Crippen LogP contribution is -2.30. The maximum absolute atomic E-state index is 6.33. The maximum Gasteiger partial charge on any atom is 0.139 e. The summed E-state index contributed by atoms with van der Waals surface area (Å²) in [5, 5.41) is 3.64. The van der Waals surface area contributed by atoms with E-state index in [4.69, 9.17) is 11.6 Å². The number of benzene rings is 1. The summed E-state index contributed by atoms with van der Waals surface area (Å²) in [5.74, 6) is 0. The Morgan fingerprint density at radius 3 is 2.52 bits per heavy atom. The van der Waals surface area contributed by atoms with Gasteiger partial charge in [0, 0.05) is 23.3 Å². The van der Waals surface area contributed by atoms with Gasteiger partial charge < -0.3 is 4.57 Å². The zero-order chi connectivity index (χ0) is 14.8. The van der Waals surface area contributed by atoms with E-state index in [2.05, 4.69) is 46.1 Å². The van der Waals surface area contributed by atoms with Crippen molar-refractivity contribution in [3.63, 3.8) is 0 Å². The molecule has 0 aliphatic carbocycles. The highest BCUT2D eigenvalue weighted by molar-refractivity contribution is 6.34. The van der Waals surface area contributed by atoms with Gasteiger partial charge in [-0.25, -0.2) is 4.98 Å². The minimum absolute atomic E-state index is 0.565. The first-order valence-corrected chi connectivity index (χ1v) is 7.43. The van der Waals surface area contributed by atoms with Crippen LogP contribution in [0.5, 0.6) is 0 Å². The summed E-state index contributed by atoms with van der Waals surface area (Å²) in [6.07, 6.45) is 6.18. The number of fused-ring (bicyclic) bond motifs is 1. The van der Waals surface area contributed by atoms with Crippen LogP contribution in [-0.4, -0.2) is 9.55 Å². The second-order valence-corrected chi connectivity index (χ2v) is 5.33. The molecule has 3 heteroatoms. The molecule has 0 spiro atoms. The van der Waals surface area contributed by atoms with Crippen LogP contribution in [-0.2, 0) is 6.54 Å². The Labute approximate surface area is 129 Å². The molecule has 0 radical (unpaired) electrons. The van der Waals surface area contributed by atoms with Crippen molar-refractivity contribution in [2.75, 3.05) is 0 Å². The highest BCUT2D eigenvalue weighted by atomic mass is 35.5. The molecule has 1 aromatic carbocycles. The van der Waals surface area contributed by atoms with E-state index in [9.17, 15) is 0 Å². The molecule has 2 aromatic heterocycles. The summed E-state index contributed by atoms with van der Waals surface area (Å²) < 4.78 is 2.24. The predicted molar refractivity (Wildman–Crippen MR) is 89.8 cm³/mol. The Hall–Kier alpha value is -2.06. The number of pyridine rings is 1. The van der Waals surface area contributed by atoms with Crippen LogP contribution in [0, 0.1) is 0 Å². The molecule has 0 fully saturated rings. The molecule has 3 rings (SSSR count). The van der Waals surface area contributed by atoms with E-state index >= 15 is 0 Å². The second-order valence-electron chi connectivity index (χ2n) is 4.97. The van der Waals surface area contributed by atoms with Crippen LogP contribution < -0.4 is 10.6 Å². The summed E-state index contributed by atoms with van der Waals surface area (Å²) >= 11 is 6.33. The third kappa shape index (κ3) is 2.47. The van der Waals surface area contributed by atoms with Gasteiger partial charge in [0.1, 0.15) is 5.15 Å². The molecule has 0 N–H and O–H groups in total. The highest BCUT2D eigenvalue weighted by Gasteiger charge is 2.09. The molecular formula is C18H17ClN2. The van der Waals surface area contributed by atoms with Crippen molar-refractivity contribution in [3.05, 3.63) is 63.9 Å². The predicted octanol–water partition coefficient (Wildman–Crippen LogP) is 3.34. The summed E-state index contributed by atoms with van der Waals surface area (Å²) in [7, 11) is 0. The van der Waals surface area contributed by atoms with Gasteiger partial charge in [0.15, 0.2) is 0 Å². The molecule has 2 heterocycles. The lowest BCUT2D eigenvalue weighted by molar-refractivity contribution is 0.833. The SMILES string of the molecule is CC=c1nc(Cl)c2ccn(Cc3ccccc3)c2c1=CC. The molecule has 0 amide bonds. The van der Waals surface area contributed by atoms with Gasteiger partial charge in [0.2, 0.25) is 0 Å². The standard InChI is InChI=1S/C18H17ClN2/c1-3-14-16(4-2)20-18(19)15-10-11-21(17(14)15)12-13-8-6-5-7-9-13/h3-11H,12H2,1-2H3. The van der Waals surface area contributed by atoms with Gasteiger partial charge in [0.25, 0.3) is 0 Å². The van der Waals surface area contributed by atoms with Crippen molar-refractivity contribution in [2.24, 2.45) is 0 Å². The number of halogens is 1. The fourth-order valence-electron chi connectivity index (χ4n) is 2.70. The zero-order valence-electron chi connectivity index (χ0n) is 12.2. The fourth-order valence-corrected chi connectivity index (χ4v) is 2.95. The highest BCUT2D eigenvalue weighted by Crippen LogP contribution is 2.19. The molecule has 0 saturated heterocycles. The Morgan fingerprint density at radius 1 is 1.10 bits per heavy atom. The lowest BCUT2D eigenvalue weighted by atomic mass is 10.2. The van der Waals surface area contributed by atoms with Crippen LogP contribution in [0.25, 0.3) is 23.1 Å². The third-order valence-corrected chi connectivity index (χ3v) is 3.98. The summed E-state index contributed by atoms with van der Waals surface area (Å²) in [5.41, 5.74) is 2.42. The van der Waals surface area contributed by atoms with Gasteiger partial charge in [-0.3, -0.25) is 0 Å². The minimum Gasteiger partial charge on any atom is -0.342 e. The zero-order valence-corrected chi connectivity index (χ0v) is 12.9. The summed E-state index contributed by atoms with van der Waals surface area (Å²) in [4.78, 5) is 4.48. The summed E-state index contributed by atoms with van der Waals surface area (Å²) in [6.45, 7) is 4.86. The van der Waals surface area contributed by atoms with Crippen molar-refractivity contribution in [1.82, 2.24) is 9.55 Å². The molecule has 106 valence electrons. The van der Waals surface area contributed by atoms with Crippen LogP contribution in [0.3, 0.4) is 0 Å². The minimum atomic E-state index is 0.565. The fraction of sp³-hybridized carbons (Fsp3) is 0.167. The molecule has 21 heavy (non-hydrogen) atoms. The van der Waals surface area contributed by atoms with Gasteiger partial charge in [-0.1, -0.05) is 54.1 Å². The van der Waals surface area contributed by atoms with Crippen molar-refractivity contribution in [3.8, 4) is 0 Å². The van der Waals surface area contributed by atoms with Crippen molar-refractivity contribution >= 4 is 34.7 Å². The van der Waals surface area contributed by atoms with E-state index in [0.717, 1.165) is 28.0 Å². The lowest BCUT2D eigenvalue weighted by Gasteiger charge is -2.07. The molecule has 0 aliphatic heterocycles. The van der Waals surface area contributed by atoms with E-state index in [0.29, 0.717) is 5.15 Å². The maximum atomic E-state index is 6.33. The van der Waals surface area contributed by atoms with Gasteiger partial charge in [0.05, 0.1) is 10.9 Å². The van der Waals surface area contributed by atoms with E-state index < -0.39 is 0 Å². The van der Waals surface area contributed by atoms with Crippen LogP contribution >= 0.6 is 11.6 Å². The molecule has 0 aliphatic rings. The normalized spacial score (nSPS) is 13.3. The van der Waals surface area contributed by atoms with Crippen molar-refractivity contribution in [1.29, 1.82) is 0 Å². The molecule has 0 saturated carbocycles. The van der Waals surface area contributed by atoms with Gasteiger partial charge >= 0.3 is 0 Å². The largest absolute Gasteiger partial charge is 0.342 e. The second kappa shape index (κ2) is 5.74. The van der Waals surface area contributed by atoms with Gasteiger partial charge in [-0.2, -0.15) is 0 Å². The topological polar surface area (TPSA) is 17.8 Å². The molecular weight excluding hydrogens is 280 g/mol. The summed E-state index contributed by atoms with van der Waals surface area (Å²) in [6, 6.07) is 12.5. The van der Waals surface area contributed by atoms with Crippen molar-refractivity contribution in [2.45, 2.75) is 20.4 Å². The third-order valence-electron chi connectivity index (χ3n) is 3.69. The first-order chi connectivity index (χ1) is 10.2. The van der Waals surface area contributed by atoms with Crippen molar-refractivity contribution < 1.29 is 0 Å². The van der Waals surface area contributed by atoms with Gasteiger partial charge in [-0.15, -0.1) is 0 Å². The van der Waals surface area contributed by atoms with E-state index in [1.807, 2.05) is 32.1 Å². The average molecular weight is 297 g/mol. The molecule has 0 unspecified atom stereocenters. The Bertz CT molecular complexity index is 892. The van der Waals surface area contributed by atoms with Crippen LogP contribution in [0.4, 0.5) is 0 Å². The smallest absolute Gasteiger partial charge is 0.139 e. The quantitative estimate of drug-likeness (QED) is 0.663. The number of aromatic nitrogens is 2. The number of rotatable bonds is 2. The molecule has 3 aromatic rings. The van der Waals surface area contributed by atoms with Crippen LogP contribution in [0.15, 0.2) is 42.6 Å². The van der Waals surface area contributed by atoms with E-state index in [1.54, 1.807) is 0 Å². The van der Waals surface area contributed by atoms with Gasteiger partial charge in [-0.05, 0) is 25.5 Å². The van der Waals surface area contributed by atoms with E-state index in [-0.39, 0.29) is 0 Å². The number of hydrogen-bond acceptors (Lipinski definition) is 1. The van der Waals surface area contributed by atoms with E-state index in [1.165, 1.54) is 5.56 Å². The van der Waals surface area contributed by atoms with Crippen LogP contribution in [0.2, 0.25) is 5.15 Å². The molecule has 0 atom stereocenters. The Morgan fingerprint density at radius 2 is 1.86 bits per heavy atom. The monoisotopic (exact) mass is 296 g/mol. The molecule has 2 nitrogen and oxygen atoms in total. The molecule has 0 bridgehead atoms. The number of hydrogen-bond donors (Lipinski definition) is 0. The number of nitrogens with zero attached hydrogens (tertiary/aromatic N) is 2. The first kappa shape index (κ1) is 13.9. The first-order valence-electron chi connectivity index (χ1n) is 7.05. The Kier molecular flexibility index (Phi) is 3.80.